The SMILES string of the molecule is CCCc1nn(C)c2c(-c3ccc(O)c(C)c3)nc(-c3ccc(F)cc3)nc12. The standard InChI is InChI=1S/C22H21FN4O/c1-4-5-17-20-21(27(3)26-17)19(15-8-11-18(28)13(2)12-15)24-22(25-20)14-6-9-16(23)10-7-14/h6-12,28H,4-5H2,1-3H3. The van der Waals surface area contributed by atoms with Crippen LogP contribution in [0.3, 0.4) is 0 Å². The second-order valence-corrected chi connectivity index (χ2v) is 6.92. The van der Waals surface area contributed by atoms with Crippen LogP contribution in [0.4, 0.5) is 4.39 Å². The zero-order valence-electron chi connectivity index (χ0n) is 16.1. The molecule has 0 aliphatic heterocycles. The third-order valence-electron chi connectivity index (χ3n) is 4.81. The van der Waals surface area contributed by atoms with Crippen molar-refractivity contribution in [1.82, 2.24) is 19.7 Å². The van der Waals surface area contributed by atoms with Crippen LogP contribution >= 0.6 is 0 Å². The molecule has 0 unspecified atom stereocenters. The number of halogens is 1. The minimum atomic E-state index is -0.299. The fourth-order valence-corrected chi connectivity index (χ4v) is 3.38. The van der Waals surface area contributed by atoms with Crippen molar-refractivity contribution in [2.75, 3.05) is 0 Å². The molecule has 142 valence electrons. The summed E-state index contributed by atoms with van der Waals surface area (Å²) in [5, 5.41) is 14.6. The van der Waals surface area contributed by atoms with Crippen LogP contribution in [0.15, 0.2) is 42.5 Å². The molecule has 6 heteroatoms. The first kappa shape index (κ1) is 18.1. The summed E-state index contributed by atoms with van der Waals surface area (Å²) in [6.45, 7) is 3.96. The van der Waals surface area contributed by atoms with E-state index in [2.05, 4.69) is 12.0 Å². The summed E-state index contributed by atoms with van der Waals surface area (Å²) in [5.41, 5.74) is 5.69. The van der Waals surface area contributed by atoms with Crippen molar-refractivity contribution in [3.05, 3.63) is 59.5 Å². The molecule has 0 saturated carbocycles. The summed E-state index contributed by atoms with van der Waals surface area (Å²) in [6.07, 6.45) is 1.76. The largest absolute Gasteiger partial charge is 0.508 e. The maximum Gasteiger partial charge on any atom is 0.160 e. The van der Waals surface area contributed by atoms with Gasteiger partial charge in [0, 0.05) is 18.2 Å². The third-order valence-corrected chi connectivity index (χ3v) is 4.81. The highest BCUT2D eigenvalue weighted by Gasteiger charge is 2.19. The van der Waals surface area contributed by atoms with Crippen molar-refractivity contribution >= 4 is 11.0 Å². The van der Waals surface area contributed by atoms with Crippen LogP contribution in [0, 0.1) is 12.7 Å². The highest BCUT2D eigenvalue weighted by atomic mass is 19.1. The Hall–Kier alpha value is -3.28. The van der Waals surface area contributed by atoms with E-state index in [1.807, 2.05) is 30.8 Å². The Bertz CT molecular complexity index is 1170. The van der Waals surface area contributed by atoms with Gasteiger partial charge in [0.05, 0.1) is 5.69 Å². The van der Waals surface area contributed by atoms with Crippen molar-refractivity contribution in [2.45, 2.75) is 26.7 Å². The molecule has 4 aromatic rings. The summed E-state index contributed by atoms with van der Waals surface area (Å²) in [5.74, 6) is 0.468. The summed E-state index contributed by atoms with van der Waals surface area (Å²) in [4.78, 5) is 9.57. The minimum absolute atomic E-state index is 0.240. The molecule has 0 atom stereocenters. The van der Waals surface area contributed by atoms with E-state index < -0.39 is 0 Å². The van der Waals surface area contributed by atoms with Crippen LogP contribution in [0.2, 0.25) is 0 Å². The van der Waals surface area contributed by atoms with E-state index >= 15 is 0 Å². The molecule has 0 radical (unpaired) electrons. The maximum atomic E-state index is 13.4. The fraction of sp³-hybridized carbons (Fsp3) is 0.227. The lowest BCUT2D eigenvalue weighted by Crippen LogP contribution is -1.98. The molecule has 0 aliphatic rings. The van der Waals surface area contributed by atoms with E-state index in [9.17, 15) is 9.50 Å². The second kappa shape index (κ2) is 7.03. The zero-order valence-corrected chi connectivity index (χ0v) is 16.1. The average Bonchev–Trinajstić information content (AvgIpc) is 3.00. The fourth-order valence-electron chi connectivity index (χ4n) is 3.38. The summed E-state index contributed by atoms with van der Waals surface area (Å²) in [6, 6.07) is 11.6. The Balaban J connectivity index is 2.03. The summed E-state index contributed by atoms with van der Waals surface area (Å²) in [7, 11) is 1.89. The smallest absolute Gasteiger partial charge is 0.160 e. The van der Waals surface area contributed by atoms with Crippen molar-refractivity contribution in [3.8, 4) is 28.4 Å². The predicted octanol–water partition coefficient (Wildman–Crippen LogP) is 4.80. The van der Waals surface area contributed by atoms with Gasteiger partial charge in [0.1, 0.15) is 28.3 Å². The van der Waals surface area contributed by atoms with E-state index in [0.717, 1.165) is 52.0 Å². The van der Waals surface area contributed by atoms with Crippen LogP contribution in [0.1, 0.15) is 24.6 Å². The number of aryl methyl sites for hydroxylation is 3. The van der Waals surface area contributed by atoms with Gasteiger partial charge in [-0.3, -0.25) is 4.68 Å². The molecule has 0 fully saturated rings. The van der Waals surface area contributed by atoms with E-state index in [4.69, 9.17) is 9.97 Å². The molecule has 0 bridgehead atoms. The van der Waals surface area contributed by atoms with Gasteiger partial charge in [0.15, 0.2) is 5.82 Å². The first-order chi connectivity index (χ1) is 13.5. The molecule has 2 heterocycles. The molecular weight excluding hydrogens is 355 g/mol. The van der Waals surface area contributed by atoms with E-state index in [0.29, 0.717) is 5.82 Å². The molecule has 1 N–H and O–H groups in total. The molecule has 4 rings (SSSR count). The van der Waals surface area contributed by atoms with Gasteiger partial charge in [-0.1, -0.05) is 13.3 Å². The predicted molar refractivity (Wildman–Crippen MR) is 108 cm³/mol. The molecule has 0 amide bonds. The molecule has 5 nitrogen and oxygen atoms in total. The molecule has 2 aromatic heterocycles. The monoisotopic (exact) mass is 376 g/mol. The third kappa shape index (κ3) is 3.11. The average molecular weight is 376 g/mol. The Morgan fingerprint density at radius 1 is 1.04 bits per heavy atom. The number of nitrogens with zero attached hydrogens (tertiary/aromatic N) is 4. The zero-order chi connectivity index (χ0) is 19.8. The Morgan fingerprint density at radius 3 is 2.43 bits per heavy atom. The van der Waals surface area contributed by atoms with Gasteiger partial charge in [-0.05, 0) is 61.4 Å². The van der Waals surface area contributed by atoms with Gasteiger partial charge in [-0.15, -0.1) is 0 Å². The highest BCUT2D eigenvalue weighted by molar-refractivity contribution is 5.92. The number of aromatic nitrogens is 4. The number of aromatic hydroxyl groups is 1. The molecule has 0 spiro atoms. The quantitative estimate of drug-likeness (QED) is 0.555. The van der Waals surface area contributed by atoms with Gasteiger partial charge in [0.2, 0.25) is 0 Å². The van der Waals surface area contributed by atoms with Crippen molar-refractivity contribution in [1.29, 1.82) is 0 Å². The van der Waals surface area contributed by atoms with E-state index in [1.165, 1.54) is 12.1 Å². The first-order valence-corrected chi connectivity index (χ1v) is 9.27. The number of fused-ring (bicyclic) bond motifs is 1. The maximum absolute atomic E-state index is 13.4. The van der Waals surface area contributed by atoms with Gasteiger partial charge in [0.25, 0.3) is 0 Å². The highest BCUT2D eigenvalue weighted by Crippen LogP contribution is 2.32. The molecule has 28 heavy (non-hydrogen) atoms. The lowest BCUT2D eigenvalue weighted by molar-refractivity contribution is 0.471. The van der Waals surface area contributed by atoms with Crippen molar-refractivity contribution in [3.63, 3.8) is 0 Å². The van der Waals surface area contributed by atoms with Gasteiger partial charge in [-0.2, -0.15) is 5.10 Å². The topological polar surface area (TPSA) is 63.8 Å². The summed E-state index contributed by atoms with van der Waals surface area (Å²) < 4.78 is 15.2. The van der Waals surface area contributed by atoms with Crippen LogP contribution < -0.4 is 0 Å². The minimum Gasteiger partial charge on any atom is -0.508 e. The number of hydrogen-bond acceptors (Lipinski definition) is 4. The molecule has 2 aromatic carbocycles. The first-order valence-electron chi connectivity index (χ1n) is 9.27. The van der Waals surface area contributed by atoms with Crippen LogP contribution in [-0.4, -0.2) is 24.9 Å². The van der Waals surface area contributed by atoms with E-state index in [1.54, 1.807) is 18.2 Å². The van der Waals surface area contributed by atoms with Crippen LogP contribution in [0.25, 0.3) is 33.7 Å². The molecular formula is C22H21FN4O. The van der Waals surface area contributed by atoms with Crippen molar-refractivity contribution < 1.29 is 9.50 Å². The van der Waals surface area contributed by atoms with Gasteiger partial charge < -0.3 is 5.11 Å². The normalized spacial score (nSPS) is 11.3. The Morgan fingerprint density at radius 2 is 1.75 bits per heavy atom. The number of hydrogen-bond donors (Lipinski definition) is 1. The molecule has 0 saturated heterocycles. The molecule has 0 aliphatic carbocycles. The lowest BCUT2D eigenvalue weighted by atomic mass is 10.1. The lowest BCUT2D eigenvalue weighted by Gasteiger charge is -2.09. The number of phenolic OH excluding ortho intramolecular Hbond substituents is 1. The Kier molecular flexibility index (Phi) is 4.55. The van der Waals surface area contributed by atoms with E-state index in [-0.39, 0.29) is 11.6 Å². The van der Waals surface area contributed by atoms with Gasteiger partial charge >= 0.3 is 0 Å². The van der Waals surface area contributed by atoms with Crippen LogP contribution in [0.5, 0.6) is 5.75 Å². The summed E-state index contributed by atoms with van der Waals surface area (Å²) >= 11 is 0. The second-order valence-electron chi connectivity index (χ2n) is 6.92. The van der Waals surface area contributed by atoms with Crippen LogP contribution in [-0.2, 0) is 13.5 Å². The number of phenols is 1. The Labute approximate surface area is 162 Å². The number of benzene rings is 2. The van der Waals surface area contributed by atoms with Gasteiger partial charge in [-0.25, -0.2) is 14.4 Å². The number of rotatable bonds is 4. The van der Waals surface area contributed by atoms with Crippen molar-refractivity contribution in [2.24, 2.45) is 7.05 Å².